The summed E-state index contributed by atoms with van der Waals surface area (Å²) in [7, 11) is 0. The lowest BCUT2D eigenvalue weighted by Crippen LogP contribution is -2.09. The van der Waals surface area contributed by atoms with Gasteiger partial charge < -0.3 is 9.47 Å². The molecule has 1 aliphatic heterocycles. The number of hydrogen-bond donors (Lipinski definition) is 0. The number of ether oxygens (including phenoxy) is 2. The van der Waals surface area contributed by atoms with Gasteiger partial charge in [0.1, 0.15) is 17.3 Å². The second kappa shape index (κ2) is 7.53. The van der Waals surface area contributed by atoms with E-state index in [1.807, 2.05) is 0 Å². The highest BCUT2D eigenvalue weighted by atomic mass is 35.5. The van der Waals surface area contributed by atoms with Crippen molar-refractivity contribution in [1.82, 2.24) is 0 Å². The third-order valence-electron chi connectivity index (χ3n) is 4.47. The maximum atomic E-state index is 13.1. The number of benzene rings is 3. The monoisotopic (exact) mass is 408 g/mol. The van der Waals surface area contributed by atoms with Crippen LogP contribution in [0.2, 0.25) is 5.02 Å². The van der Waals surface area contributed by atoms with Crippen molar-refractivity contribution in [2.75, 3.05) is 0 Å². The van der Waals surface area contributed by atoms with Gasteiger partial charge in [-0.25, -0.2) is 9.18 Å². The Labute approximate surface area is 171 Å². The normalized spacial score (nSPS) is 13.9. The molecular formula is C23H14ClFO4. The second-order valence-corrected chi connectivity index (χ2v) is 6.89. The highest BCUT2D eigenvalue weighted by Crippen LogP contribution is 2.39. The first kappa shape index (κ1) is 18.9. The number of fused-ring (bicyclic) bond motifs is 1. The summed E-state index contributed by atoms with van der Waals surface area (Å²) in [5, 5.41) is 0.426. The highest BCUT2D eigenvalue weighted by Gasteiger charge is 2.30. The molecule has 0 atom stereocenters. The summed E-state index contributed by atoms with van der Waals surface area (Å²) in [6.07, 6.45) is 1.54. The molecule has 144 valence electrons. The Kier molecular flexibility index (Phi) is 4.91. The van der Waals surface area contributed by atoms with E-state index >= 15 is 0 Å². The van der Waals surface area contributed by atoms with E-state index in [9.17, 15) is 14.0 Å². The molecule has 4 rings (SSSR count). The van der Waals surface area contributed by atoms with Gasteiger partial charge in [0, 0.05) is 10.6 Å². The first-order valence-electron chi connectivity index (χ1n) is 8.73. The number of allylic oxidation sites excluding steroid dienone is 1. The minimum Gasteiger partial charge on any atom is -0.452 e. The molecule has 0 saturated heterocycles. The first-order valence-corrected chi connectivity index (χ1v) is 9.11. The fourth-order valence-electron chi connectivity index (χ4n) is 2.96. The highest BCUT2D eigenvalue weighted by molar-refractivity contribution is 6.30. The van der Waals surface area contributed by atoms with E-state index in [2.05, 4.69) is 0 Å². The summed E-state index contributed by atoms with van der Waals surface area (Å²) in [5.74, 6) is -0.490. The van der Waals surface area contributed by atoms with Crippen molar-refractivity contribution in [3.8, 4) is 11.5 Å². The molecule has 3 aromatic rings. The molecule has 29 heavy (non-hydrogen) atoms. The maximum Gasteiger partial charge on any atom is 0.343 e. The molecule has 0 amide bonds. The summed E-state index contributed by atoms with van der Waals surface area (Å²) in [4.78, 5) is 25.0. The van der Waals surface area contributed by atoms with E-state index in [0.29, 0.717) is 33.0 Å². The Hall–Kier alpha value is -3.44. The standard InChI is InChI=1S/C23H14ClFO4/c1-13-19(29-23(27)15-3-2-4-16(24)12-15)10-9-18-21(26)20(28-22(13)18)11-14-5-7-17(25)8-6-14/h2-12H,1H3/b20-11-. The fraction of sp³-hybridized carbons (Fsp3) is 0.0435. The van der Waals surface area contributed by atoms with Crippen molar-refractivity contribution in [1.29, 1.82) is 0 Å². The van der Waals surface area contributed by atoms with Crippen LogP contribution in [0.15, 0.2) is 66.4 Å². The number of rotatable bonds is 3. The predicted octanol–water partition coefficient (Wildman–Crippen LogP) is 5.62. The molecule has 0 unspecified atom stereocenters. The predicted molar refractivity (Wildman–Crippen MR) is 107 cm³/mol. The molecule has 6 heteroatoms. The Morgan fingerprint density at radius 3 is 2.59 bits per heavy atom. The summed E-state index contributed by atoms with van der Waals surface area (Å²) < 4.78 is 24.3. The van der Waals surface area contributed by atoms with Crippen LogP contribution < -0.4 is 9.47 Å². The third-order valence-corrected chi connectivity index (χ3v) is 4.70. The zero-order chi connectivity index (χ0) is 20.5. The molecule has 4 nitrogen and oxygen atoms in total. The van der Waals surface area contributed by atoms with Gasteiger partial charge in [-0.2, -0.15) is 0 Å². The summed E-state index contributed by atoms with van der Waals surface area (Å²) in [5.41, 5.74) is 1.84. The van der Waals surface area contributed by atoms with E-state index in [1.165, 1.54) is 18.2 Å². The lowest BCUT2D eigenvalue weighted by atomic mass is 10.1. The Morgan fingerprint density at radius 2 is 1.86 bits per heavy atom. The van der Waals surface area contributed by atoms with Gasteiger partial charge in [-0.1, -0.05) is 29.8 Å². The number of carbonyl (C=O) groups excluding carboxylic acids is 2. The molecule has 0 N–H and O–H groups in total. The summed E-state index contributed by atoms with van der Waals surface area (Å²) >= 11 is 5.91. The molecule has 0 spiro atoms. The van der Waals surface area contributed by atoms with Crippen LogP contribution in [0.3, 0.4) is 0 Å². The molecule has 0 aliphatic carbocycles. The first-order chi connectivity index (χ1) is 13.9. The van der Waals surface area contributed by atoms with Crippen molar-refractivity contribution in [3.63, 3.8) is 0 Å². The minimum absolute atomic E-state index is 0.119. The van der Waals surface area contributed by atoms with Crippen molar-refractivity contribution >= 4 is 29.4 Å². The minimum atomic E-state index is -0.568. The molecule has 0 fully saturated rings. The second-order valence-electron chi connectivity index (χ2n) is 6.46. The van der Waals surface area contributed by atoms with Crippen LogP contribution in [-0.4, -0.2) is 11.8 Å². The molecular weight excluding hydrogens is 395 g/mol. The van der Waals surface area contributed by atoms with Crippen molar-refractivity contribution in [2.45, 2.75) is 6.92 Å². The van der Waals surface area contributed by atoms with E-state index in [0.717, 1.165) is 0 Å². The van der Waals surface area contributed by atoms with Crippen LogP contribution in [0.5, 0.6) is 11.5 Å². The van der Waals surface area contributed by atoms with E-state index in [4.69, 9.17) is 21.1 Å². The van der Waals surface area contributed by atoms with Gasteiger partial charge in [0.25, 0.3) is 0 Å². The molecule has 0 aromatic heterocycles. The van der Waals surface area contributed by atoms with Crippen molar-refractivity contribution in [2.24, 2.45) is 0 Å². The zero-order valence-electron chi connectivity index (χ0n) is 15.2. The topological polar surface area (TPSA) is 52.6 Å². The SMILES string of the molecule is Cc1c(OC(=O)c2cccc(Cl)c2)ccc2c1O/C(=C\c1ccc(F)cc1)C2=O. The summed E-state index contributed by atoms with van der Waals surface area (Å²) in [6.45, 7) is 1.70. The van der Waals surface area contributed by atoms with Crippen molar-refractivity contribution in [3.05, 3.63) is 99.5 Å². The number of Topliss-reactive ketones (excluding diaryl/α,β-unsaturated/α-hetero) is 1. The van der Waals surface area contributed by atoms with Crippen LogP contribution in [0, 0.1) is 12.7 Å². The Balaban J connectivity index is 1.61. The van der Waals surface area contributed by atoms with Gasteiger partial charge in [0.15, 0.2) is 5.76 Å². The quantitative estimate of drug-likeness (QED) is 0.320. The van der Waals surface area contributed by atoms with Crippen LogP contribution in [-0.2, 0) is 0 Å². The largest absolute Gasteiger partial charge is 0.452 e. The maximum absolute atomic E-state index is 13.1. The third kappa shape index (κ3) is 3.77. The van der Waals surface area contributed by atoms with Crippen LogP contribution in [0.1, 0.15) is 31.8 Å². The van der Waals surface area contributed by atoms with Gasteiger partial charge in [0.2, 0.25) is 5.78 Å². The molecule has 0 radical (unpaired) electrons. The average Bonchev–Trinajstić information content (AvgIpc) is 3.02. The number of ketones is 1. The van der Waals surface area contributed by atoms with Gasteiger partial charge in [-0.15, -0.1) is 0 Å². The number of esters is 1. The average molecular weight is 409 g/mol. The van der Waals surface area contributed by atoms with Gasteiger partial charge in [0.05, 0.1) is 11.1 Å². The number of hydrogen-bond acceptors (Lipinski definition) is 4. The molecule has 1 heterocycles. The van der Waals surface area contributed by atoms with Crippen LogP contribution >= 0.6 is 11.6 Å². The smallest absolute Gasteiger partial charge is 0.343 e. The molecule has 1 aliphatic rings. The number of carbonyl (C=O) groups is 2. The van der Waals surface area contributed by atoms with Crippen LogP contribution in [0.4, 0.5) is 4.39 Å². The Bertz CT molecular complexity index is 1170. The molecule has 0 bridgehead atoms. The molecule has 0 saturated carbocycles. The number of halogens is 2. The zero-order valence-corrected chi connectivity index (χ0v) is 16.0. The van der Waals surface area contributed by atoms with E-state index < -0.39 is 5.97 Å². The summed E-state index contributed by atoms with van der Waals surface area (Å²) in [6, 6.07) is 15.2. The van der Waals surface area contributed by atoms with E-state index in [-0.39, 0.29) is 23.1 Å². The van der Waals surface area contributed by atoms with Gasteiger partial charge in [-0.3, -0.25) is 4.79 Å². The fourth-order valence-corrected chi connectivity index (χ4v) is 3.15. The van der Waals surface area contributed by atoms with Crippen molar-refractivity contribution < 1.29 is 23.5 Å². The van der Waals surface area contributed by atoms with Crippen LogP contribution in [0.25, 0.3) is 6.08 Å². The lowest BCUT2D eigenvalue weighted by molar-refractivity contribution is 0.0733. The lowest BCUT2D eigenvalue weighted by Gasteiger charge is -2.10. The van der Waals surface area contributed by atoms with E-state index in [1.54, 1.807) is 55.5 Å². The van der Waals surface area contributed by atoms with Gasteiger partial charge in [-0.05, 0) is 61.0 Å². The Morgan fingerprint density at radius 1 is 1.10 bits per heavy atom. The van der Waals surface area contributed by atoms with Gasteiger partial charge >= 0.3 is 5.97 Å². The molecule has 3 aromatic carbocycles.